The first-order chi connectivity index (χ1) is 19.7. The van der Waals surface area contributed by atoms with E-state index >= 15 is 0 Å². The zero-order chi connectivity index (χ0) is 29.1. The third-order valence-corrected chi connectivity index (χ3v) is 6.66. The van der Waals surface area contributed by atoms with Crippen molar-refractivity contribution in [3.8, 4) is 22.5 Å². The van der Waals surface area contributed by atoms with Gasteiger partial charge in [-0.3, -0.25) is 0 Å². The van der Waals surface area contributed by atoms with E-state index in [1.54, 1.807) is 25.3 Å². The van der Waals surface area contributed by atoms with E-state index in [0.717, 1.165) is 28.7 Å². The standard InChI is InChI=1S/C29H32N6O6/c1-5-8-23-30-25(29(3,4)38)24(27(36)39-16-22-17(2)40-28(37)41-22)35(23)15-18-11-13-19(14-12-18)20-9-6-7-10-21(20)26-31-33-34-32-26/h6-7,9-14,28,37-38H,5,8,15-16H2,1-4H3,(H,31,32,33,34). The minimum atomic E-state index is -1.43. The smallest absolute Gasteiger partial charge is 0.358 e. The normalized spacial score (nSPS) is 15.1. The minimum Gasteiger partial charge on any atom is -0.453 e. The molecule has 1 unspecified atom stereocenters. The molecule has 2 aromatic heterocycles. The van der Waals surface area contributed by atoms with Crippen LogP contribution in [-0.2, 0) is 32.8 Å². The summed E-state index contributed by atoms with van der Waals surface area (Å²) in [5.74, 6) is 1.04. The Bertz CT molecular complexity index is 1550. The van der Waals surface area contributed by atoms with Crippen molar-refractivity contribution in [1.29, 1.82) is 0 Å². The Morgan fingerprint density at radius 3 is 2.46 bits per heavy atom. The first kappa shape index (κ1) is 28.0. The lowest BCUT2D eigenvalue weighted by molar-refractivity contribution is -0.194. The van der Waals surface area contributed by atoms with Crippen LogP contribution in [0.5, 0.6) is 0 Å². The zero-order valence-electron chi connectivity index (χ0n) is 23.3. The molecule has 1 atom stereocenters. The van der Waals surface area contributed by atoms with Gasteiger partial charge in [0.15, 0.2) is 18.1 Å². The summed E-state index contributed by atoms with van der Waals surface area (Å²) in [6.07, 6.45) is 1.39. The molecule has 3 N–H and O–H groups in total. The van der Waals surface area contributed by atoms with Crippen LogP contribution in [0.1, 0.15) is 61.7 Å². The average molecular weight is 561 g/mol. The maximum atomic E-state index is 13.5. The first-order valence-electron chi connectivity index (χ1n) is 13.3. The number of aryl methyl sites for hydroxylation is 1. The summed E-state index contributed by atoms with van der Waals surface area (Å²) < 4.78 is 17.6. The number of tetrazole rings is 1. The van der Waals surface area contributed by atoms with Gasteiger partial charge in [0.2, 0.25) is 5.82 Å². The molecule has 12 heteroatoms. The molecule has 0 saturated heterocycles. The molecule has 0 saturated carbocycles. The van der Waals surface area contributed by atoms with Gasteiger partial charge in [0.25, 0.3) is 0 Å². The Morgan fingerprint density at radius 2 is 1.85 bits per heavy atom. The number of carbonyl (C=O) groups is 1. The van der Waals surface area contributed by atoms with Crippen molar-refractivity contribution in [2.75, 3.05) is 6.61 Å². The molecule has 0 amide bonds. The highest BCUT2D eigenvalue weighted by molar-refractivity contribution is 5.89. The summed E-state index contributed by atoms with van der Waals surface area (Å²) >= 11 is 0. The number of benzene rings is 2. The van der Waals surface area contributed by atoms with E-state index in [-0.39, 0.29) is 23.8 Å². The molecule has 3 heterocycles. The molecular formula is C29H32N6O6. The molecule has 5 rings (SSSR count). The van der Waals surface area contributed by atoms with E-state index in [2.05, 4.69) is 25.6 Å². The van der Waals surface area contributed by atoms with Gasteiger partial charge >= 0.3 is 12.4 Å². The Hall–Kier alpha value is -4.55. The highest BCUT2D eigenvalue weighted by atomic mass is 16.8. The van der Waals surface area contributed by atoms with Crippen molar-refractivity contribution < 1.29 is 29.2 Å². The van der Waals surface area contributed by atoms with Crippen molar-refractivity contribution in [2.24, 2.45) is 0 Å². The van der Waals surface area contributed by atoms with Crippen LogP contribution >= 0.6 is 0 Å². The summed E-state index contributed by atoms with van der Waals surface area (Å²) in [4.78, 5) is 18.2. The number of hydrogen-bond donors (Lipinski definition) is 3. The highest BCUT2D eigenvalue weighted by Gasteiger charge is 2.33. The number of ether oxygens (including phenoxy) is 3. The topological polar surface area (TPSA) is 158 Å². The number of imidazole rings is 1. The summed E-state index contributed by atoms with van der Waals surface area (Å²) in [6.45, 7) is 5.45. The number of carbonyl (C=O) groups excluding carboxylic acids is 1. The largest absolute Gasteiger partial charge is 0.453 e. The zero-order valence-corrected chi connectivity index (χ0v) is 23.3. The number of hydrogen-bond acceptors (Lipinski definition) is 10. The number of esters is 1. The maximum Gasteiger partial charge on any atom is 0.358 e. The van der Waals surface area contributed by atoms with Crippen LogP contribution in [0.15, 0.2) is 60.0 Å². The molecule has 0 spiro atoms. The molecule has 1 aliphatic heterocycles. The Morgan fingerprint density at radius 1 is 1.12 bits per heavy atom. The van der Waals surface area contributed by atoms with Crippen LogP contribution in [0.25, 0.3) is 22.5 Å². The fraction of sp³-hybridized carbons (Fsp3) is 0.345. The van der Waals surface area contributed by atoms with E-state index in [0.29, 0.717) is 30.4 Å². The number of nitrogens with one attached hydrogen (secondary N) is 1. The number of aliphatic hydroxyl groups excluding tert-OH is 1. The highest BCUT2D eigenvalue weighted by Crippen LogP contribution is 2.31. The lowest BCUT2D eigenvalue weighted by Crippen LogP contribution is -2.24. The number of aromatic amines is 1. The van der Waals surface area contributed by atoms with E-state index in [1.165, 1.54) is 0 Å². The second-order valence-electron chi connectivity index (χ2n) is 10.2. The molecule has 214 valence electrons. The van der Waals surface area contributed by atoms with Crippen molar-refractivity contribution >= 4 is 5.97 Å². The number of aromatic nitrogens is 6. The molecule has 0 bridgehead atoms. The molecule has 0 fully saturated rings. The second-order valence-corrected chi connectivity index (χ2v) is 10.2. The van der Waals surface area contributed by atoms with Gasteiger partial charge in [-0.05, 0) is 49.1 Å². The minimum absolute atomic E-state index is 0.158. The van der Waals surface area contributed by atoms with E-state index in [4.69, 9.17) is 14.2 Å². The van der Waals surface area contributed by atoms with Gasteiger partial charge in [-0.15, -0.1) is 10.2 Å². The number of H-pyrrole nitrogens is 1. The molecule has 0 aliphatic carbocycles. The van der Waals surface area contributed by atoms with Crippen LogP contribution in [0.4, 0.5) is 0 Å². The fourth-order valence-corrected chi connectivity index (χ4v) is 4.68. The predicted molar refractivity (Wildman–Crippen MR) is 147 cm³/mol. The van der Waals surface area contributed by atoms with Crippen molar-refractivity contribution in [1.82, 2.24) is 30.2 Å². The third kappa shape index (κ3) is 5.98. The van der Waals surface area contributed by atoms with Gasteiger partial charge in [-0.1, -0.05) is 55.5 Å². The molecular weight excluding hydrogens is 528 g/mol. The molecule has 0 radical (unpaired) electrons. The predicted octanol–water partition coefficient (Wildman–Crippen LogP) is 3.67. The summed E-state index contributed by atoms with van der Waals surface area (Å²) in [6, 6.07) is 15.8. The van der Waals surface area contributed by atoms with Crippen LogP contribution in [0.3, 0.4) is 0 Å². The Kier molecular flexibility index (Phi) is 7.86. The van der Waals surface area contributed by atoms with Crippen LogP contribution < -0.4 is 0 Å². The second kappa shape index (κ2) is 11.5. The molecule has 1 aliphatic rings. The monoisotopic (exact) mass is 560 g/mol. The number of nitrogens with zero attached hydrogens (tertiary/aromatic N) is 5. The van der Waals surface area contributed by atoms with Gasteiger partial charge in [0.1, 0.15) is 22.9 Å². The van der Waals surface area contributed by atoms with Crippen molar-refractivity contribution in [3.05, 3.63) is 82.8 Å². The summed E-state index contributed by atoms with van der Waals surface area (Å²) in [7, 11) is 0. The summed E-state index contributed by atoms with van der Waals surface area (Å²) in [5, 5.41) is 34.9. The molecule has 4 aromatic rings. The number of rotatable bonds is 10. The van der Waals surface area contributed by atoms with Gasteiger partial charge in [-0.2, -0.15) is 5.21 Å². The number of aliphatic hydroxyl groups is 2. The van der Waals surface area contributed by atoms with Gasteiger partial charge in [-0.25, -0.2) is 9.78 Å². The van der Waals surface area contributed by atoms with Gasteiger partial charge in [0, 0.05) is 18.5 Å². The van der Waals surface area contributed by atoms with E-state index in [9.17, 15) is 15.0 Å². The maximum absolute atomic E-state index is 13.5. The van der Waals surface area contributed by atoms with Gasteiger partial charge < -0.3 is 29.0 Å². The van der Waals surface area contributed by atoms with Crippen LogP contribution in [0, 0.1) is 0 Å². The van der Waals surface area contributed by atoms with Crippen molar-refractivity contribution in [3.63, 3.8) is 0 Å². The lowest BCUT2D eigenvalue weighted by Gasteiger charge is -2.18. The SMILES string of the molecule is CCCc1nc(C(C)(C)O)c(C(=O)OCC2=C(C)OC(O)O2)n1Cc1ccc(-c2ccccc2-c2nn[nH]n2)cc1. The lowest BCUT2D eigenvalue weighted by atomic mass is 9.98. The summed E-state index contributed by atoms with van der Waals surface area (Å²) in [5.41, 5.74) is 2.68. The first-order valence-corrected chi connectivity index (χ1v) is 13.3. The van der Waals surface area contributed by atoms with Crippen LogP contribution in [-0.4, -0.2) is 59.4 Å². The van der Waals surface area contributed by atoms with E-state index in [1.807, 2.05) is 55.5 Å². The fourth-order valence-electron chi connectivity index (χ4n) is 4.68. The average Bonchev–Trinajstić information content (AvgIpc) is 3.67. The number of allylic oxidation sites excluding steroid dienone is 1. The Labute approximate surface area is 236 Å². The Balaban J connectivity index is 1.46. The molecule has 12 nitrogen and oxygen atoms in total. The van der Waals surface area contributed by atoms with E-state index < -0.39 is 18.0 Å². The van der Waals surface area contributed by atoms with Crippen LogP contribution in [0.2, 0.25) is 0 Å². The third-order valence-electron chi connectivity index (χ3n) is 6.66. The molecule has 41 heavy (non-hydrogen) atoms. The van der Waals surface area contributed by atoms with Gasteiger partial charge in [0.05, 0.1) is 0 Å². The van der Waals surface area contributed by atoms with Crippen molar-refractivity contribution in [2.45, 2.75) is 59.2 Å². The molecule has 2 aromatic carbocycles. The quantitative estimate of drug-likeness (QED) is 0.244.